The minimum atomic E-state index is -0.270. The molecule has 1 rings (SSSR count). The number of nitriles is 1. The summed E-state index contributed by atoms with van der Waals surface area (Å²) in [5.41, 5.74) is 0.681. The van der Waals surface area contributed by atoms with Crippen molar-refractivity contribution in [3.05, 3.63) is 10.6 Å². The fourth-order valence-electron chi connectivity index (χ4n) is 0.812. The molecule has 0 atom stereocenters. The average molecular weight is 196 g/mol. The quantitative estimate of drug-likeness (QED) is 0.708. The zero-order chi connectivity index (χ0) is 9.68. The molecule has 0 aliphatic heterocycles. The van der Waals surface area contributed by atoms with Crippen molar-refractivity contribution < 1.29 is 4.79 Å². The smallest absolute Gasteiger partial charge is 0.265 e. The van der Waals surface area contributed by atoms with Crippen LogP contribution in [-0.4, -0.2) is 22.0 Å². The van der Waals surface area contributed by atoms with E-state index in [-0.39, 0.29) is 12.5 Å². The van der Waals surface area contributed by atoms with E-state index in [9.17, 15) is 4.79 Å². The van der Waals surface area contributed by atoms with Crippen LogP contribution in [0.15, 0.2) is 0 Å². The summed E-state index contributed by atoms with van der Waals surface area (Å²) < 4.78 is 3.67. The molecule has 0 saturated heterocycles. The molecular formula is C7H8N4OS. The molecule has 68 valence electrons. The van der Waals surface area contributed by atoms with Gasteiger partial charge in [-0.25, -0.2) is 0 Å². The molecule has 0 aromatic carbocycles. The molecule has 1 aromatic heterocycles. The van der Waals surface area contributed by atoms with Gasteiger partial charge < -0.3 is 5.32 Å². The minimum Gasteiger partial charge on any atom is -0.338 e. The second kappa shape index (κ2) is 4.52. The summed E-state index contributed by atoms with van der Waals surface area (Å²) in [4.78, 5) is 11.8. The lowest BCUT2D eigenvalue weighted by atomic mass is 10.3. The molecule has 1 heterocycles. The Balaban J connectivity index is 2.71. The molecule has 5 nitrogen and oxygen atoms in total. The number of nitrogens with one attached hydrogen (secondary N) is 1. The lowest BCUT2D eigenvalue weighted by Crippen LogP contribution is -2.23. The number of aromatic nitrogens is 2. The van der Waals surface area contributed by atoms with E-state index in [0.29, 0.717) is 17.0 Å². The first-order valence-electron chi connectivity index (χ1n) is 3.76. The Morgan fingerprint density at radius 3 is 3.15 bits per heavy atom. The summed E-state index contributed by atoms with van der Waals surface area (Å²) in [6.07, 6.45) is 0.672. The van der Waals surface area contributed by atoms with Gasteiger partial charge in [0.05, 0.1) is 11.8 Å². The fraction of sp³-hybridized carbons (Fsp3) is 0.429. The van der Waals surface area contributed by atoms with Crippen LogP contribution in [0.5, 0.6) is 0 Å². The molecule has 0 aliphatic rings. The first kappa shape index (κ1) is 9.61. The highest BCUT2D eigenvalue weighted by Gasteiger charge is 2.13. The van der Waals surface area contributed by atoms with Gasteiger partial charge in [-0.15, -0.1) is 5.10 Å². The van der Waals surface area contributed by atoms with Crippen LogP contribution in [0.1, 0.15) is 22.3 Å². The molecule has 13 heavy (non-hydrogen) atoms. The van der Waals surface area contributed by atoms with Crippen LogP contribution in [0.4, 0.5) is 0 Å². The second-order valence-electron chi connectivity index (χ2n) is 2.24. The highest BCUT2D eigenvalue weighted by atomic mass is 32.1. The Morgan fingerprint density at radius 2 is 2.54 bits per heavy atom. The first-order chi connectivity index (χ1) is 6.29. The number of rotatable bonds is 3. The molecule has 0 fully saturated rings. The van der Waals surface area contributed by atoms with Gasteiger partial charge in [0.2, 0.25) is 0 Å². The number of carbonyl (C=O) groups is 1. The van der Waals surface area contributed by atoms with Crippen molar-refractivity contribution in [3.63, 3.8) is 0 Å². The van der Waals surface area contributed by atoms with Gasteiger partial charge in [-0.1, -0.05) is 11.4 Å². The first-order valence-corrected chi connectivity index (χ1v) is 4.53. The monoisotopic (exact) mass is 196 g/mol. The lowest BCUT2D eigenvalue weighted by molar-refractivity contribution is 0.0961. The van der Waals surface area contributed by atoms with Crippen LogP contribution >= 0.6 is 11.5 Å². The SMILES string of the molecule is CCc1nnsc1C(=O)NCC#N. The van der Waals surface area contributed by atoms with Crippen molar-refractivity contribution in [2.24, 2.45) is 0 Å². The van der Waals surface area contributed by atoms with E-state index >= 15 is 0 Å². The number of hydrogen-bond acceptors (Lipinski definition) is 5. The largest absolute Gasteiger partial charge is 0.338 e. The van der Waals surface area contributed by atoms with E-state index in [0.717, 1.165) is 11.5 Å². The van der Waals surface area contributed by atoms with E-state index in [2.05, 4.69) is 14.9 Å². The number of hydrogen-bond donors (Lipinski definition) is 1. The number of aryl methyl sites for hydroxylation is 1. The summed E-state index contributed by atoms with van der Waals surface area (Å²) in [5, 5.41) is 14.5. The summed E-state index contributed by atoms with van der Waals surface area (Å²) in [7, 11) is 0. The molecule has 0 radical (unpaired) electrons. The number of carbonyl (C=O) groups excluding carboxylic acids is 1. The van der Waals surface area contributed by atoms with Gasteiger partial charge in [0, 0.05) is 0 Å². The second-order valence-corrected chi connectivity index (χ2v) is 3.00. The van der Waals surface area contributed by atoms with Gasteiger partial charge >= 0.3 is 0 Å². The van der Waals surface area contributed by atoms with Gasteiger partial charge in [-0.3, -0.25) is 4.79 Å². The van der Waals surface area contributed by atoms with Gasteiger partial charge in [0.15, 0.2) is 0 Å². The van der Waals surface area contributed by atoms with Gasteiger partial charge in [0.1, 0.15) is 11.4 Å². The molecule has 0 saturated carbocycles. The van der Waals surface area contributed by atoms with Crippen LogP contribution in [0.2, 0.25) is 0 Å². The summed E-state index contributed by atoms with van der Waals surface area (Å²) >= 11 is 1.05. The van der Waals surface area contributed by atoms with Crippen LogP contribution in [0.25, 0.3) is 0 Å². The van der Waals surface area contributed by atoms with Gasteiger partial charge in [-0.2, -0.15) is 5.26 Å². The highest BCUT2D eigenvalue weighted by Crippen LogP contribution is 2.10. The molecule has 1 N–H and O–H groups in total. The van der Waals surface area contributed by atoms with E-state index < -0.39 is 0 Å². The normalized spacial score (nSPS) is 9.23. The Hall–Kier alpha value is -1.48. The Morgan fingerprint density at radius 1 is 1.77 bits per heavy atom. The van der Waals surface area contributed by atoms with Crippen molar-refractivity contribution in [2.75, 3.05) is 6.54 Å². The zero-order valence-electron chi connectivity index (χ0n) is 7.07. The van der Waals surface area contributed by atoms with E-state index in [4.69, 9.17) is 5.26 Å². The maximum Gasteiger partial charge on any atom is 0.265 e. The number of nitrogens with zero attached hydrogens (tertiary/aromatic N) is 3. The maximum atomic E-state index is 11.3. The standard InChI is InChI=1S/C7H8N4OS/c1-2-5-6(13-11-10-5)7(12)9-4-3-8/h2,4H2,1H3,(H,9,12). The van der Waals surface area contributed by atoms with E-state index in [1.165, 1.54) is 0 Å². The predicted molar refractivity (Wildman–Crippen MR) is 47.2 cm³/mol. The number of amides is 1. The van der Waals surface area contributed by atoms with E-state index in [1.54, 1.807) is 0 Å². The minimum absolute atomic E-state index is 0.0138. The summed E-state index contributed by atoms with van der Waals surface area (Å²) in [6.45, 7) is 1.91. The van der Waals surface area contributed by atoms with Crippen molar-refractivity contribution in [3.8, 4) is 6.07 Å². The molecular weight excluding hydrogens is 188 g/mol. The molecule has 6 heteroatoms. The fourth-order valence-corrected chi connectivity index (χ4v) is 1.48. The average Bonchev–Trinajstić information content (AvgIpc) is 2.61. The molecule has 0 bridgehead atoms. The third-order valence-electron chi connectivity index (χ3n) is 1.42. The summed E-state index contributed by atoms with van der Waals surface area (Å²) in [5.74, 6) is -0.270. The maximum absolute atomic E-state index is 11.3. The topological polar surface area (TPSA) is 78.7 Å². The van der Waals surface area contributed by atoms with Crippen LogP contribution < -0.4 is 5.32 Å². The molecule has 0 spiro atoms. The van der Waals surface area contributed by atoms with Crippen LogP contribution in [0.3, 0.4) is 0 Å². The molecule has 1 aromatic rings. The van der Waals surface area contributed by atoms with Crippen LogP contribution in [0, 0.1) is 11.3 Å². The van der Waals surface area contributed by atoms with Gasteiger partial charge in [-0.05, 0) is 18.0 Å². The predicted octanol–water partition coefficient (Wildman–Crippen LogP) is 0.354. The third kappa shape index (κ3) is 2.23. The van der Waals surface area contributed by atoms with Crippen molar-refractivity contribution >= 4 is 17.4 Å². The molecule has 0 unspecified atom stereocenters. The molecule has 1 amide bonds. The third-order valence-corrected chi connectivity index (χ3v) is 2.19. The van der Waals surface area contributed by atoms with Crippen molar-refractivity contribution in [2.45, 2.75) is 13.3 Å². The Kier molecular flexibility index (Phi) is 3.34. The highest BCUT2D eigenvalue weighted by molar-refractivity contribution is 7.08. The molecule has 0 aliphatic carbocycles. The lowest BCUT2D eigenvalue weighted by Gasteiger charge is -1.97. The Bertz CT molecular complexity index is 341. The summed E-state index contributed by atoms with van der Waals surface area (Å²) in [6, 6.07) is 1.83. The Labute approximate surface area is 79.5 Å². The van der Waals surface area contributed by atoms with Crippen LogP contribution in [-0.2, 0) is 6.42 Å². The van der Waals surface area contributed by atoms with E-state index in [1.807, 2.05) is 13.0 Å². The zero-order valence-corrected chi connectivity index (χ0v) is 7.89. The van der Waals surface area contributed by atoms with Crippen molar-refractivity contribution in [1.29, 1.82) is 5.26 Å². The van der Waals surface area contributed by atoms with Gasteiger partial charge in [0.25, 0.3) is 5.91 Å². The van der Waals surface area contributed by atoms with Crippen molar-refractivity contribution in [1.82, 2.24) is 14.9 Å².